The number of ether oxygens (including phenoxy) is 1. The lowest BCUT2D eigenvalue weighted by atomic mass is 9.99. The smallest absolute Gasteiger partial charge is 0.387 e. The Morgan fingerprint density at radius 3 is 2.65 bits per heavy atom. The van der Waals surface area contributed by atoms with Crippen molar-refractivity contribution in [3.63, 3.8) is 0 Å². The van der Waals surface area contributed by atoms with Crippen molar-refractivity contribution in [3.05, 3.63) is 77.2 Å². The summed E-state index contributed by atoms with van der Waals surface area (Å²) in [6.07, 6.45) is 4.35. The second kappa shape index (κ2) is 12.8. The molecule has 1 aromatic heterocycles. The first kappa shape index (κ1) is 30.0. The first-order valence-corrected chi connectivity index (χ1v) is 13.9. The number of carbonyl (C=O) groups excluding carboxylic acids is 3. The highest BCUT2D eigenvalue weighted by molar-refractivity contribution is 5.97. The second-order valence-electron chi connectivity index (χ2n) is 10.7. The molecule has 1 aliphatic heterocycles. The van der Waals surface area contributed by atoms with E-state index in [1.165, 1.54) is 42.5 Å². The molecule has 1 saturated carbocycles. The molecule has 3 amide bonds. The number of allylic oxidation sites excluding steroid dienone is 1. The maximum atomic E-state index is 14.5. The lowest BCUT2D eigenvalue weighted by Crippen LogP contribution is -2.49. The van der Waals surface area contributed by atoms with E-state index in [-0.39, 0.29) is 24.4 Å². The van der Waals surface area contributed by atoms with Crippen LogP contribution in [0.5, 0.6) is 5.75 Å². The second-order valence-corrected chi connectivity index (χ2v) is 10.7. The Hall–Kier alpha value is -4.48. The van der Waals surface area contributed by atoms with Gasteiger partial charge in [-0.2, -0.15) is 8.78 Å². The number of amides is 3. The van der Waals surface area contributed by atoms with Gasteiger partial charge in [0.2, 0.25) is 11.8 Å². The van der Waals surface area contributed by atoms with Gasteiger partial charge in [-0.05, 0) is 73.2 Å². The van der Waals surface area contributed by atoms with Crippen molar-refractivity contribution in [1.29, 1.82) is 0 Å². The van der Waals surface area contributed by atoms with Crippen LogP contribution in [0.3, 0.4) is 0 Å². The zero-order chi connectivity index (χ0) is 30.7. The van der Waals surface area contributed by atoms with Crippen LogP contribution in [0, 0.1) is 11.7 Å². The number of carbonyl (C=O) groups is 3. The molecule has 2 aromatic carbocycles. The SMILES string of the molecule is C[C@H](NC(=O)[C@@H]1C[C@@H](F)CN1C(=O)CNC(=O)c1ccc2cc(F)ccc2n1)c1cc(OC(F)F)ccc1/C=C/C1CC1. The molecule has 0 bridgehead atoms. The Kier molecular flexibility index (Phi) is 8.93. The van der Waals surface area contributed by atoms with Gasteiger partial charge in [-0.3, -0.25) is 14.4 Å². The van der Waals surface area contributed by atoms with E-state index >= 15 is 0 Å². The third kappa shape index (κ3) is 7.49. The van der Waals surface area contributed by atoms with E-state index in [1.54, 1.807) is 13.0 Å². The molecule has 1 aliphatic carbocycles. The maximum absolute atomic E-state index is 14.5. The number of alkyl halides is 3. The van der Waals surface area contributed by atoms with Gasteiger partial charge in [0, 0.05) is 11.8 Å². The topological polar surface area (TPSA) is 101 Å². The van der Waals surface area contributed by atoms with Gasteiger partial charge in [0.25, 0.3) is 5.91 Å². The first-order valence-electron chi connectivity index (χ1n) is 13.9. The Balaban J connectivity index is 1.24. The summed E-state index contributed by atoms with van der Waals surface area (Å²) in [5.74, 6) is -2.00. The Morgan fingerprint density at radius 1 is 1.12 bits per heavy atom. The molecule has 3 atom stereocenters. The van der Waals surface area contributed by atoms with Crippen LogP contribution >= 0.6 is 0 Å². The Labute approximate surface area is 245 Å². The average Bonchev–Trinajstić information content (AvgIpc) is 3.72. The largest absolute Gasteiger partial charge is 0.435 e. The van der Waals surface area contributed by atoms with E-state index < -0.39 is 55.0 Å². The number of pyridine rings is 1. The predicted molar refractivity (Wildman–Crippen MR) is 150 cm³/mol. The molecular weight excluding hydrogens is 568 g/mol. The quantitative estimate of drug-likeness (QED) is 0.322. The van der Waals surface area contributed by atoms with E-state index in [4.69, 9.17) is 0 Å². The standard InChI is InChI=1S/C31H30F4N4O4/c1-17(24-14-23(43-31(34)35)9-6-19(24)5-4-18-2-3-18)37-30(42)27-13-22(33)16-39(27)28(40)15-36-29(41)26-10-7-20-12-21(32)8-11-25(20)38-26/h4-12,14,17-18,22,27,31H,2-3,13,15-16H2,1H3,(H,36,41)(H,37,42)/b5-4+/t17-,22+,27-/m0/s1. The van der Waals surface area contributed by atoms with Crippen molar-refractivity contribution < 1.29 is 36.7 Å². The number of fused-ring (bicyclic) bond motifs is 1. The molecule has 5 rings (SSSR count). The zero-order valence-corrected chi connectivity index (χ0v) is 23.2. The lowest BCUT2D eigenvalue weighted by molar-refractivity contribution is -0.138. The molecule has 2 N–H and O–H groups in total. The lowest BCUT2D eigenvalue weighted by Gasteiger charge is -2.26. The number of benzene rings is 2. The summed E-state index contributed by atoms with van der Waals surface area (Å²) >= 11 is 0. The highest BCUT2D eigenvalue weighted by atomic mass is 19.3. The molecule has 0 radical (unpaired) electrons. The molecule has 3 aromatic rings. The van der Waals surface area contributed by atoms with Crippen LogP contribution in [-0.4, -0.2) is 59.5 Å². The summed E-state index contributed by atoms with van der Waals surface area (Å²) in [4.78, 5) is 44.2. The van der Waals surface area contributed by atoms with Gasteiger partial charge >= 0.3 is 6.61 Å². The molecule has 12 heteroatoms. The number of halogens is 4. The van der Waals surface area contributed by atoms with Gasteiger partial charge in [0.15, 0.2) is 0 Å². The van der Waals surface area contributed by atoms with E-state index in [2.05, 4.69) is 20.4 Å². The molecular formula is C31H30F4N4O4. The summed E-state index contributed by atoms with van der Waals surface area (Å²) in [7, 11) is 0. The predicted octanol–water partition coefficient (Wildman–Crippen LogP) is 4.94. The minimum Gasteiger partial charge on any atom is -0.435 e. The highest BCUT2D eigenvalue weighted by Gasteiger charge is 2.40. The number of nitrogens with one attached hydrogen (secondary N) is 2. The zero-order valence-electron chi connectivity index (χ0n) is 23.2. The fraction of sp³-hybridized carbons (Fsp3) is 0.355. The third-order valence-electron chi connectivity index (χ3n) is 7.44. The fourth-order valence-electron chi connectivity index (χ4n) is 5.05. The van der Waals surface area contributed by atoms with Crippen LogP contribution in [0.25, 0.3) is 17.0 Å². The van der Waals surface area contributed by atoms with E-state index in [9.17, 15) is 31.9 Å². The highest BCUT2D eigenvalue weighted by Crippen LogP contribution is 2.33. The van der Waals surface area contributed by atoms with Crippen LogP contribution in [0.15, 0.2) is 54.6 Å². The Bertz CT molecular complexity index is 1560. The fourth-order valence-corrected chi connectivity index (χ4v) is 5.05. The van der Waals surface area contributed by atoms with Crippen LogP contribution in [0.4, 0.5) is 17.6 Å². The summed E-state index contributed by atoms with van der Waals surface area (Å²) in [6, 6.07) is 9.49. The number of aromatic nitrogens is 1. The van der Waals surface area contributed by atoms with Crippen molar-refractivity contribution in [1.82, 2.24) is 20.5 Å². The van der Waals surface area contributed by atoms with Crippen molar-refractivity contribution in [2.24, 2.45) is 5.92 Å². The number of nitrogens with zero attached hydrogens (tertiary/aromatic N) is 2. The van der Waals surface area contributed by atoms with Gasteiger partial charge in [0.1, 0.15) is 29.5 Å². The normalized spacial score (nSPS) is 19.2. The summed E-state index contributed by atoms with van der Waals surface area (Å²) in [5.41, 5.74) is 1.63. The molecule has 2 heterocycles. The van der Waals surface area contributed by atoms with Crippen molar-refractivity contribution in [3.8, 4) is 5.75 Å². The van der Waals surface area contributed by atoms with Crippen molar-refractivity contribution >= 4 is 34.7 Å². The molecule has 2 fully saturated rings. The summed E-state index contributed by atoms with van der Waals surface area (Å²) < 4.78 is 58.1. The van der Waals surface area contributed by atoms with E-state index in [0.29, 0.717) is 27.9 Å². The molecule has 0 spiro atoms. The number of hydrogen-bond acceptors (Lipinski definition) is 5. The minimum atomic E-state index is -3.02. The van der Waals surface area contributed by atoms with Crippen LogP contribution in [-0.2, 0) is 9.59 Å². The van der Waals surface area contributed by atoms with Gasteiger partial charge in [0.05, 0.1) is 24.6 Å². The molecule has 2 aliphatic rings. The average molecular weight is 599 g/mol. The third-order valence-corrected chi connectivity index (χ3v) is 7.44. The molecule has 8 nitrogen and oxygen atoms in total. The molecule has 1 saturated heterocycles. The van der Waals surface area contributed by atoms with Crippen LogP contribution in [0.2, 0.25) is 0 Å². The van der Waals surface area contributed by atoms with Crippen molar-refractivity contribution in [2.45, 2.75) is 51.1 Å². The van der Waals surface area contributed by atoms with Gasteiger partial charge in [-0.25, -0.2) is 13.8 Å². The summed E-state index contributed by atoms with van der Waals surface area (Å²) in [5, 5.41) is 5.73. The van der Waals surface area contributed by atoms with Gasteiger partial charge < -0.3 is 20.3 Å². The van der Waals surface area contributed by atoms with E-state index in [0.717, 1.165) is 17.7 Å². The Morgan fingerprint density at radius 2 is 1.91 bits per heavy atom. The van der Waals surface area contributed by atoms with Gasteiger partial charge in [-0.1, -0.05) is 24.3 Å². The number of rotatable bonds is 10. The molecule has 226 valence electrons. The van der Waals surface area contributed by atoms with Crippen LogP contribution < -0.4 is 15.4 Å². The number of hydrogen-bond donors (Lipinski definition) is 2. The monoisotopic (exact) mass is 598 g/mol. The first-order chi connectivity index (χ1) is 20.6. The van der Waals surface area contributed by atoms with Gasteiger partial charge in [-0.15, -0.1) is 0 Å². The minimum absolute atomic E-state index is 0.00408. The summed E-state index contributed by atoms with van der Waals surface area (Å²) in [6.45, 7) is -2.19. The number of likely N-dealkylation sites (tertiary alicyclic amines) is 1. The van der Waals surface area contributed by atoms with E-state index in [1.807, 2.05) is 12.2 Å². The maximum Gasteiger partial charge on any atom is 0.387 e. The molecule has 43 heavy (non-hydrogen) atoms. The van der Waals surface area contributed by atoms with Crippen LogP contribution in [0.1, 0.15) is 53.8 Å². The van der Waals surface area contributed by atoms with Crippen molar-refractivity contribution in [2.75, 3.05) is 13.1 Å². The molecule has 0 unspecified atom stereocenters.